The number of ether oxygens (including phenoxy) is 1. The maximum absolute atomic E-state index is 12.9. The summed E-state index contributed by atoms with van der Waals surface area (Å²) < 4.78 is 6.18. The van der Waals surface area contributed by atoms with Crippen molar-refractivity contribution >= 4 is 39.1 Å². The van der Waals surface area contributed by atoms with Crippen LogP contribution in [0, 0.1) is 5.92 Å². The molecule has 8 heteroatoms. The van der Waals surface area contributed by atoms with Crippen LogP contribution < -0.4 is 10.9 Å². The molecule has 0 aliphatic rings. The summed E-state index contributed by atoms with van der Waals surface area (Å²) in [5.74, 6) is -0.604. The van der Waals surface area contributed by atoms with Crippen molar-refractivity contribution in [1.29, 1.82) is 0 Å². The Hall–Kier alpha value is -3.00. The molecule has 3 aromatic rings. The molecule has 1 N–H and O–H groups in total. The van der Waals surface area contributed by atoms with Crippen molar-refractivity contribution in [3.8, 4) is 0 Å². The van der Waals surface area contributed by atoms with Crippen LogP contribution in [0.1, 0.15) is 39.6 Å². The zero-order chi connectivity index (χ0) is 20.4. The van der Waals surface area contributed by atoms with Crippen molar-refractivity contribution in [2.45, 2.75) is 20.3 Å². The molecule has 0 radical (unpaired) electrons. The summed E-state index contributed by atoms with van der Waals surface area (Å²) in [6, 6.07) is 6.95. The number of hydrogen-bond acceptors (Lipinski definition) is 6. The smallest absolute Gasteiger partial charge is 0.357 e. The fourth-order valence-corrected chi connectivity index (χ4v) is 4.09. The van der Waals surface area contributed by atoms with E-state index in [4.69, 9.17) is 4.74 Å². The number of methoxy groups -OCH3 is 1. The minimum Gasteiger partial charge on any atom is -0.464 e. The Bertz CT molecular complexity index is 1110. The molecule has 2 heterocycles. The van der Waals surface area contributed by atoms with Crippen molar-refractivity contribution in [3.05, 3.63) is 57.0 Å². The monoisotopic (exact) mass is 399 g/mol. The number of carbonyl (C=O) groups excluding carboxylic acids is 2. The van der Waals surface area contributed by atoms with Crippen molar-refractivity contribution in [3.63, 3.8) is 0 Å². The number of aromatic nitrogens is 2. The van der Waals surface area contributed by atoms with Crippen LogP contribution in [0.2, 0.25) is 0 Å². The molecule has 7 nitrogen and oxygen atoms in total. The maximum atomic E-state index is 12.9. The standard InChI is InChI=1S/C20H21N3O4S/c1-11(2)9-15-16(19(26)27-4)21-20(28-15)22-17(24)14-10-23(3)18(25)13-8-6-5-7-12(13)14/h5-8,10-11H,9H2,1-4H3,(H,21,22,24). The number of benzene rings is 1. The van der Waals surface area contributed by atoms with Gasteiger partial charge in [-0.25, -0.2) is 9.78 Å². The van der Waals surface area contributed by atoms with Gasteiger partial charge >= 0.3 is 5.97 Å². The van der Waals surface area contributed by atoms with E-state index >= 15 is 0 Å². The second-order valence-electron chi connectivity index (χ2n) is 6.84. The molecular weight excluding hydrogens is 378 g/mol. The first kappa shape index (κ1) is 19.8. The minimum absolute atomic E-state index is 0.173. The van der Waals surface area contributed by atoms with Gasteiger partial charge in [-0.05, 0) is 18.4 Å². The predicted molar refractivity (Wildman–Crippen MR) is 109 cm³/mol. The Morgan fingerprint density at radius 2 is 1.93 bits per heavy atom. The lowest BCUT2D eigenvalue weighted by molar-refractivity contribution is 0.0593. The zero-order valence-electron chi connectivity index (χ0n) is 16.1. The number of thiazole rings is 1. The van der Waals surface area contributed by atoms with Gasteiger partial charge in [0.25, 0.3) is 11.5 Å². The molecule has 0 spiro atoms. The highest BCUT2D eigenvalue weighted by atomic mass is 32.1. The number of anilines is 1. The fraction of sp³-hybridized carbons (Fsp3) is 0.300. The van der Waals surface area contributed by atoms with Crippen LogP contribution >= 0.6 is 11.3 Å². The van der Waals surface area contributed by atoms with Gasteiger partial charge in [0.1, 0.15) is 0 Å². The zero-order valence-corrected chi connectivity index (χ0v) is 16.9. The van der Waals surface area contributed by atoms with Gasteiger partial charge in [-0.2, -0.15) is 0 Å². The first-order valence-electron chi connectivity index (χ1n) is 8.79. The molecule has 1 amide bonds. The van der Waals surface area contributed by atoms with Gasteiger partial charge in [-0.1, -0.05) is 32.0 Å². The van der Waals surface area contributed by atoms with E-state index < -0.39 is 11.9 Å². The highest BCUT2D eigenvalue weighted by Crippen LogP contribution is 2.27. The molecule has 3 rings (SSSR count). The number of aryl methyl sites for hydroxylation is 1. The van der Waals surface area contributed by atoms with Crippen molar-refractivity contribution in [1.82, 2.24) is 9.55 Å². The Kier molecular flexibility index (Phi) is 5.60. The SMILES string of the molecule is COC(=O)c1nc(NC(=O)c2cn(C)c(=O)c3ccccc23)sc1CC(C)C. The van der Waals surface area contributed by atoms with Gasteiger partial charge in [0, 0.05) is 28.9 Å². The molecule has 0 saturated heterocycles. The Balaban J connectivity index is 1.99. The van der Waals surface area contributed by atoms with E-state index in [1.165, 1.54) is 29.2 Å². The van der Waals surface area contributed by atoms with Crippen LogP contribution in [-0.4, -0.2) is 28.5 Å². The number of hydrogen-bond donors (Lipinski definition) is 1. The molecule has 1 aromatic carbocycles. The molecule has 0 fully saturated rings. The van der Waals surface area contributed by atoms with Gasteiger partial charge in [-0.15, -0.1) is 11.3 Å². The van der Waals surface area contributed by atoms with E-state index in [0.29, 0.717) is 33.8 Å². The first-order chi connectivity index (χ1) is 13.3. The van der Waals surface area contributed by atoms with E-state index in [1.807, 2.05) is 13.8 Å². The van der Waals surface area contributed by atoms with Gasteiger partial charge in [0.2, 0.25) is 0 Å². The van der Waals surface area contributed by atoms with Gasteiger partial charge in [-0.3, -0.25) is 14.9 Å². The fourth-order valence-electron chi connectivity index (χ4n) is 2.93. The van der Waals surface area contributed by atoms with Crippen LogP contribution in [0.3, 0.4) is 0 Å². The highest BCUT2D eigenvalue weighted by molar-refractivity contribution is 7.16. The third-order valence-corrected chi connectivity index (χ3v) is 5.22. The molecule has 0 atom stereocenters. The van der Waals surface area contributed by atoms with E-state index in [2.05, 4.69) is 10.3 Å². The topological polar surface area (TPSA) is 90.3 Å². The third kappa shape index (κ3) is 3.82. The van der Waals surface area contributed by atoms with E-state index in [1.54, 1.807) is 31.3 Å². The van der Waals surface area contributed by atoms with Gasteiger partial charge in [0.15, 0.2) is 10.8 Å². The lowest BCUT2D eigenvalue weighted by Crippen LogP contribution is -2.21. The molecular formula is C20H21N3O4S. The number of esters is 1. The predicted octanol–water partition coefficient (Wildman–Crippen LogP) is 3.23. The highest BCUT2D eigenvalue weighted by Gasteiger charge is 2.22. The number of pyridine rings is 1. The lowest BCUT2D eigenvalue weighted by Gasteiger charge is -2.08. The Labute approximate surface area is 166 Å². The molecule has 0 aliphatic carbocycles. The molecule has 0 bridgehead atoms. The number of rotatable bonds is 5. The summed E-state index contributed by atoms with van der Waals surface area (Å²) in [5, 5.41) is 4.10. The lowest BCUT2D eigenvalue weighted by atomic mass is 10.1. The Morgan fingerprint density at radius 3 is 2.57 bits per heavy atom. The summed E-state index contributed by atoms with van der Waals surface area (Å²) in [4.78, 5) is 42.2. The molecule has 146 valence electrons. The van der Waals surface area contributed by atoms with Crippen LogP contribution in [-0.2, 0) is 18.2 Å². The van der Waals surface area contributed by atoms with E-state index in [0.717, 1.165) is 4.88 Å². The van der Waals surface area contributed by atoms with E-state index in [9.17, 15) is 14.4 Å². The number of nitrogens with zero attached hydrogens (tertiary/aromatic N) is 2. The number of amides is 1. The number of fused-ring (bicyclic) bond motifs is 1. The van der Waals surface area contributed by atoms with Crippen LogP contribution in [0.15, 0.2) is 35.3 Å². The largest absolute Gasteiger partial charge is 0.464 e. The second-order valence-corrected chi connectivity index (χ2v) is 7.92. The molecule has 2 aromatic heterocycles. The quantitative estimate of drug-likeness (QED) is 0.665. The normalized spacial score (nSPS) is 11.0. The van der Waals surface area contributed by atoms with Crippen LogP contribution in [0.25, 0.3) is 10.8 Å². The van der Waals surface area contributed by atoms with Crippen molar-refractivity contribution in [2.24, 2.45) is 13.0 Å². The molecule has 0 aliphatic heterocycles. The Morgan fingerprint density at radius 1 is 1.25 bits per heavy atom. The number of nitrogens with one attached hydrogen (secondary N) is 1. The average Bonchev–Trinajstić information content (AvgIpc) is 3.05. The van der Waals surface area contributed by atoms with Crippen molar-refractivity contribution < 1.29 is 14.3 Å². The first-order valence-corrected chi connectivity index (χ1v) is 9.61. The summed E-state index contributed by atoms with van der Waals surface area (Å²) >= 11 is 1.25. The molecule has 28 heavy (non-hydrogen) atoms. The summed E-state index contributed by atoms with van der Waals surface area (Å²) in [7, 11) is 2.90. The van der Waals surface area contributed by atoms with E-state index in [-0.39, 0.29) is 11.3 Å². The van der Waals surface area contributed by atoms with Gasteiger partial charge in [0.05, 0.1) is 12.7 Å². The van der Waals surface area contributed by atoms with Crippen LogP contribution in [0.5, 0.6) is 0 Å². The second kappa shape index (κ2) is 7.93. The minimum atomic E-state index is -0.528. The third-order valence-electron chi connectivity index (χ3n) is 4.23. The summed E-state index contributed by atoms with van der Waals surface area (Å²) in [6.45, 7) is 4.07. The molecule has 0 unspecified atom stereocenters. The number of carbonyl (C=O) groups is 2. The van der Waals surface area contributed by atoms with Gasteiger partial charge < -0.3 is 9.30 Å². The average molecular weight is 399 g/mol. The van der Waals surface area contributed by atoms with Crippen molar-refractivity contribution in [2.75, 3.05) is 12.4 Å². The molecule has 0 saturated carbocycles. The summed E-state index contributed by atoms with van der Waals surface area (Å²) in [6.07, 6.45) is 2.16. The maximum Gasteiger partial charge on any atom is 0.357 e. The summed E-state index contributed by atoms with van der Waals surface area (Å²) in [5.41, 5.74) is 0.411. The van der Waals surface area contributed by atoms with Crippen LogP contribution in [0.4, 0.5) is 5.13 Å².